The van der Waals surface area contributed by atoms with Crippen molar-refractivity contribution >= 4 is 15.9 Å². The first kappa shape index (κ1) is 12.2. The zero-order chi connectivity index (χ0) is 13.1. The Hall–Kier alpha value is -0.570. The molecule has 3 fully saturated rings. The fourth-order valence-corrected chi connectivity index (χ4v) is 5.97. The minimum atomic E-state index is -0.172. The molecule has 5 atom stereocenters. The predicted octanol–water partition coefficient (Wildman–Crippen LogP) is 4.56. The van der Waals surface area contributed by atoms with Crippen LogP contribution in [0.5, 0.6) is 5.75 Å². The van der Waals surface area contributed by atoms with Gasteiger partial charge in [0.05, 0.1) is 7.11 Å². The highest BCUT2D eigenvalue weighted by Gasteiger charge is 2.66. The van der Waals surface area contributed by atoms with Crippen molar-refractivity contribution in [1.29, 1.82) is 0 Å². The standard InChI is InChI=1S/C16H18BrFO/c1-19-12-5-4-10(18)7-11(12)16(17)15-13-8-2-3-9(6-8)14(13)15/h4-5,7-9,13-16H,2-3,6H2,1H3. The summed E-state index contributed by atoms with van der Waals surface area (Å²) < 4.78 is 18.9. The van der Waals surface area contributed by atoms with Crippen LogP contribution >= 0.6 is 15.9 Å². The number of fused-ring (bicyclic) bond motifs is 5. The first-order valence-corrected chi connectivity index (χ1v) is 8.09. The number of benzene rings is 1. The molecule has 0 heterocycles. The number of ether oxygens (including phenoxy) is 1. The number of rotatable bonds is 3. The van der Waals surface area contributed by atoms with Crippen molar-refractivity contribution in [2.75, 3.05) is 7.11 Å². The Morgan fingerprint density at radius 3 is 2.58 bits per heavy atom. The molecule has 19 heavy (non-hydrogen) atoms. The molecule has 0 spiro atoms. The molecule has 0 aromatic heterocycles. The Morgan fingerprint density at radius 2 is 1.95 bits per heavy atom. The highest BCUT2D eigenvalue weighted by molar-refractivity contribution is 9.09. The number of hydrogen-bond donors (Lipinski definition) is 0. The van der Waals surface area contributed by atoms with E-state index in [1.54, 1.807) is 19.2 Å². The molecule has 0 N–H and O–H groups in total. The lowest BCUT2D eigenvalue weighted by Gasteiger charge is -2.17. The maximum Gasteiger partial charge on any atom is 0.123 e. The van der Waals surface area contributed by atoms with E-state index in [2.05, 4.69) is 15.9 Å². The van der Waals surface area contributed by atoms with Gasteiger partial charge in [0.1, 0.15) is 11.6 Å². The van der Waals surface area contributed by atoms with E-state index in [-0.39, 0.29) is 10.6 Å². The van der Waals surface area contributed by atoms with Gasteiger partial charge in [0, 0.05) is 10.4 Å². The Labute approximate surface area is 121 Å². The molecule has 3 saturated carbocycles. The molecule has 2 bridgehead atoms. The molecule has 0 saturated heterocycles. The normalized spacial score (nSPS) is 40.1. The van der Waals surface area contributed by atoms with Gasteiger partial charge >= 0.3 is 0 Å². The van der Waals surface area contributed by atoms with E-state index < -0.39 is 0 Å². The molecule has 1 aromatic rings. The second-order valence-electron chi connectivity index (χ2n) is 6.35. The van der Waals surface area contributed by atoms with Crippen LogP contribution in [0, 0.1) is 35.4 Å². The molecule has 0 radical (unpaired) electrons. The third-order valence-corrected chi connectivity index (χ3v) is 6.73. The molecule has 102 valence electrons. The summed E-state index contributed by atoms with van der Waals surface area (Å²) in [4.78, 5) is 0.247. The van der Waals surface area contributed by atoms with E-state index in [0.29, 0.717) is 5.92 Å². The van der Waals surface area contributed by atoms with Crippen molar-refractivity contribution in [3.05, 3.63) is 29.6 Å². The summed E-state index contributed by atoms with van der Waals surface area (Å²) >= 11 is 3.83. The van der Waals surface area contributed by atoms with E-state index in [1.165, 1.54) is 25.3 Å². The predicted molar refractivity (Wildman–Crippen MR) is 75.9 cm³/mol. The summed E-state index contributed by atoms with van der Waals surface area (Å²) in [7, 11) is 1.66. The number of halogens is 2. The Morgan fingerprint density at radius 1 is 1.26 bits per heavy atom. The number of hydrogen-bond acceptors (Lipinski definition) is 1. The average Bonchev–Trinajstić information content (AvgIpc) is 2.85. The van der Waals surface area contributed by atoms with Crippen LogP contribution in [0.3, 0.4) is 0 Å². The third-order valence-electron chi connectivity index (χ3n) is 5.62. The monoisotopic (exact) mass is 324 g/mol. The molecule has 0 amide bonds. The van der Waals surface area contributed by atoms with E-state index in [9.17, 15) is 4.39 Å². The smallest absolute Gasteiger partial charge is 0.123 e. The second-order valence-corrected chi connectivity index (χ2v) is 7.34. The van der Waals surface area contributed by atoms with Crippen molar-refractivity contribution in [1.82, 2.24) is 0 Å². The van der Waals surface area contributed by atoms with E-state index in [1.807, 2.05) is 0 Å². The second kappa shape index (κ2) is 4.21. The van der Waals surface area contributed by atoms with Crippen molar-refractivity contribution in [3.8, 4) is 5.75 Å². The van der Waals surface area contributed by atoms with Gasteiger partial charge in [-0.15, -0.1) is 0 Å². The highest BCUT2D eigenvalue weighted by Crippen LogP contribution is 2.73. The van der Waals surface area contributed by atoms with Gasteiger partial charge in [0.25, 0.3) is 0 Å². The summed E-state index contributed by atoms with van der Waals surface area (Å²) in [5.41, 5.74) is 0.987. The number of alkyl halides is 1. The number of methoxy groups -OCH3 is 1. The lowest BCUT2D eigenvalue weighted by Crippen LogP contribution is -2.05. The fourth-order valence-electron chi connectivity index (χ4n) is 4.91. The van der Waals surface area contributed by atoms with Crippen LogP contribution in [0.2, 0.25) is 0 Å². The topological polar surface area (TPSA) is 9.23 Å². The molecule has 3 aliphatic rings. The van der Waals surface area contributed by atoms with E-state index >= 15 is 0 Å². The zero-order valence-corrected chi connectivity index (χ0v) is 12.6. The van der Waals surface area contributed by atoms with Gasteiger partial charge in [-0.3, -0.25) is 0 Å². The molecule has 1 aromatic carbocycles. The van der Waals surface area contributed by atoms with Gasteiger partial charge in [0.15, 0.2) is 0 Å². The van der Waals surface area contributed by atoms with E-state index in [0.717, 1.165) is 35.0 Å². The third kappa shape index (κ3) is 1.70. The van der Waals surface area contributed by atoms with Crippen molar-refractivity contribution < 1.29 is 9.13 Å². The summed E-state index contributed by atoms with van der Waals surface area (Å²) in [5.74, 6) is 4.99. The minimum Gasteiger partial charge on any atom is -0.496 e. The largest absolute Gasteiger partial charge is 0.496 e. The highest BCUT2D eigenvalue weighted by atomic mass is 79.9. The molecule has 4 rings (SSSR count). The van der Waals surface area contributed by atoms with Gasteiger partial charge in [-0.2, -0.15) is 0 Å². The molecule has 0 aliphatic heterocycles. The molecule has 3 heteroatoms. The SMILES string of the molecule is COc1ccc(F)cc1C(Br)C1C2C3CCC(C3)C21. The fraction of sp³-hybridized carbons (Fsp3) is 0.625. The quantitative estimate of drug-likeness (QED) is 0.740. The lowest BCUT2D eigenvalue weighted by molar-refractivity contribution is 0.401. The summed E-state index contributed by atoms with van der Waals surface area (Å²) in [6.45, 7) is 0. The Kier molecular flexibility index (Phi) is 2.70. The van der Waals surface area contributed by atoms with Crippen LogP contribution in [-0.4, -0.2) is 7.11 Å². The molecule has 5 unspecified atom stereocenters. The summed E-state index contributed by atoms with van der Waals surface area (Å²) in [6.07, 6.45) is 4.29. The van der Waals surface area contributed by atoms with Crippen LogP contribution in [-0.2, 0) is 0 Å². The van der Waals surface area contributed by atoms with Crippen molar-refractivity contribution in [2.45, 2.75) is 24.1 Å². The van der Waals surface area contributed by atoms with E-state index in [4.69, 9.17) is 4.74 Å². The van der Waals surface area contributed by atoms with Gasteiger partial charge in [-0.25, -0.2) is 4.39 Å². The molecular weight excluding hydrogens is 307 g/mol. The molecule has 3 aliphatic carbocycles. The van der Waals surface area contributed by atoms with Crippen LogP contribution in [0.15, 0.2) is 18.2 Å². The van der Waals surface area contributed by atoms with Crippen molar-refractivity contribution in [2.24, 2.45) is 29.6 Å². The minimum absolute atomic E-state index is 0.172. The first-order valence-electron chi connectivity index (χ1n) is 7.18. The van der Waals surface area contributed by atoms with Crippen molar-refractivity contribution in [3.63, 3.8) is 0 Å². The van der Waals surface area contributed by atoms with Gasteiger partial charge in [-0.1, -0.05) is 15.9 Å². The van der Waals surface area contributed by atoms with Crippen LogP contribution < -0.4 is 4.74 Å². The first-order chi connectivity index (χ1) is 9.20. The Bertz CT molecular complexity index is 501. The zero-order valence-electron chi connectivity index (χ0n) is 11.0. The molecular formula is C16H18BrFO. The summed E-state index contributed by atoms with van der Waals surface area (Å²) in [5, 5.41) is 0. The lowest BCUT2D eigenvalue weighted by atomic mass is 9.96. The average molecular weight is 325 g/mol. The van der Waals surface area contributed by atoms with Crippen LogP contribution in [0.1, 0.15) is 29.7 Å². The maximum atomic E-state index is 13.5. The Balaban J connectivity index is 1.62. The molecule has 1 nitrogen and oxygen atoms in total. The van der Waals surface area contributed by atoms with Gasteiger partial charge in [0.2, 0.25) is 0 Å². The van der Waals surface area contributed by atoms with Crippen LogP contribution in [0.4, 0.5) is 4.39 Å². The van der Waals surface area contributed by atoms with Gasteiger partial charge in [-0.05, 0) is 67.1 Å². The summed E-state index contributed by atoms with van der Waals surface area (Å²) in [6, 6.07) is 4.85. The maximum absolute atomic E-state index is 13.5. The van der Waals surface area contributed by atoms with Gasteiger partial charge < -0.3 is 4.74 Å². The van der Waals surface area contributed by atoms with Crippen LogP contribution in [0.25, 0.3) is 0 Å².